The van der Waals surface area contributed by atoms with Gasteiger partial charge >= 0.3 is 0 Å². The molecular formula is C7H15NO4S. The maximum atomic E-state index is 11.0. The number of aliphatic hydroxyl groups is 2. The molecule has 0 aliphatic carbocycles. The molecule has 1 rings (SSSR count). The van der Waals surface area contributed by atoms with Gasteiger partial charge in [-0.2, -0.15) is 0 Å². The highest BCUT2D eigenvalue weighted by Gasteiger charge is 2.35. The molecule has 0 radical (unpaired) electrons. The molecule has 6 heteroatoms. The van der Waals surface area contributed by atoms with Crippen LogP contribution in [0.15, 0.2) is 0 Å². The minimum atomic E-state index is -3.09. The molecule has 13 heavy (non-hydrogen) atoms. The summed E-state index contributed by atoms with van der Waals surface area (Å²) in [5.41, 5.74) is 0. The van der Waals surface area contributed by atoms with E-state index in [1.807, 2.05) is 0 Å². The Kier molecular flexibility index (Phi) is 3.28. The molecule has 0 saturated carbocycles. The van der Waals surface area contributed by atoms with Crippen molar-refractivity contribution in [2.45, 2.75) is 25.2 Å². The molecule has 5 nitrogen and oxygen atoms in total. The Labute approximate surface area is 77.7 Å². The van der Waals surface area contributed by atoms with Crippen molar-refractivity contribution < 1.29 is 18.6 Å². The molecule has 78 valence electrons. The van der Waals surface area contributed by atoms with Gasteiger partial charge in [0.15, 0.2) is 9.84 Å². The average molecular weight is 209 g/mol. The van der Waals surface area contributed by atoms with Gasteiger partial charge in [0, 0.05) is 12.6 Å². The zero-order chi connectivity index (χ0) is 10.1. The third-order valence-corrected chi connectivity index (χ3v) is 3.71. The Hall–Kier alpha value is -0.170. The van der Waals surface area contributed by atoms with E-state index in [0.29, 0.717) is 6.54 Å². The van der Waals surface area contributed by atoms with E-state index in [-0.39, 0.29) is 11.5 Å². The van der Waals surface area contributed by atoms with Crippen LogP contribution in [0.2, 0.25) is 0 Å². The van der Waals surface area contributed by atoms with Crippen LogP contribution in [0.3, 0.4) is 0 Å². The molecule has 0 aromatic heterocycles. The fourth-order valence-corrected chi connectivity index (χ4v) is 3.12. The van der Waals surface area contributed by atoms with E-state index in [2.05, 4.69) is 5.32 Å². The summed E-state index contributed by atoms with van der Waals surface area (Å²) in [6, 6.07) is -0.431. The highest BCUT2D eigenvalue weighted by Crippen LogP contribution is 2.12. The van der Waals surface area contributed by atoms with Crippen molar-refractivity contribution in [3.05, 3.63) is 0 Å². The SMILES string of the molecule is C[C@H](O)CN[C@H]1CS(=O)(=O)C[C@@H]1O. The van der Waals surface area contributed by atoms with E-state index in [0.717, 1.165) is 0 Å². The molecule has 1 aliphatic heterocycles. The van der Waals surface area contributed by atoms with Crippen LogP contribution in [0.4, 0.5) is 0 Å². The van der Waals surface area contributed by atoms with E-state index >= 15 is 0 Å². The summed E-state index contributed by atoms with van der Waals surface area (Å²) < 4.78 is 22.1. The van der Waals surface area contributed by atoms with Crippen LogP contribution in [0.25, 0.3) is 0 Å². The minimum absolute atomic E-state index is 0.0408. The topological polar surface area (TPSA) is 86.6 Å². The Morgan fingerprint density at radius 3 is 2.54 bits per heavy atom. The number of hydrogen-bond donors (Lipinski definition) is 3. The molecule has 1 heterocycles. The standard InChI is InChI=1S/C7H15NO4S/c1-5(9)2-8-6-3-13(11,12)4-7(6)10/h5-10H,2-4H2,1H3/t5-,6-,7-/m0/s1. The van der Waals surface area contributed by atoms with Crippen LogP contribution in [-0.4, -0.2) is 54.9 Å². The first-order valence-electron chi connectivity index (χ1n) is 4.20. The maximum absolute atomic E-state index is 11.0. The lowest BCUT2D eigenvalue weighted by Gasteiger charge is -2.15. The van der Waals surface area contributed by atoms with E-state index in [1.165, 1.54) is 0 Å². The van der Waals surface area contributed by atoms with Gasteiger partial charge in [0.1, 0.15) is 0 Å². The van der Waals surface area contributed by atoms with Gasteiger partial charge in [0.25, 0.3) is 0 Å². The first kappa shape index (κ1) is 10.9. The zero-order valence-corrected chi connectivity index (χ0v) is 8.29. The summed E-state index contributed by atoms with van der Waals surface area (Å²) in [5.74, 6) is -0.217. The van der Waals surface area contributed by atoms with Gasteiger partial charge in [0.05, 0.1) is 23.7 Å². The van der Waals surface area contributed by atoms with Crippen molar-refractivity contribution >= 4 is 9.84 Å². The van der Waals surface area contributed by atoms with E-state index in [1.54, 1.807) is 6.92 Å². The number of aliphatic hydroxyl groups excluding tert-OH is 2. The molecule has 1 fully saturated rings. The van der Waals surface area contributed by atoms with E-state index < -0.39 is 28.1 Å². The quantitative estimate of drug-likeness (QED) is 0.506. The normalized spacial score (nSPS) is 34.7. The van der Waals surface area contributed by atoms with Gasteiger partial charge in [-0.15, -0.1) is 0 Å². The van der Waals surface area contributed by atoms with Crippen molar-refractivity contribution in [2.75, 3.05) is 18.1 Å². The lowest BCUT2D eigenvalue weighted by atomic mass is 10.2. The molecule has 0 unspecified atom stereocenters. The van der Waals surface area contributed by atoms with Gasteiger partial charge in [0.2, 0.25) is 0 Å². The molecule has 0 bridgehead atoms. The summed E-state index contributed by atoms with van der Waals surface area (Å²) in [6.07, 6.45) is -1.38. The molecule has 1 saturated heterocycles. The Morgan fingerprint density at radius 1 is 1.54 bits per heavy atom. The lowest BCUT2D eigenvalue weighted by Crippen LogP contribution is -2.42. The lowest BCUT2D eigenvalue weighted by molar-refractivity contribution is 0.143. The Morgan fingerprint density at radius 2 is 2.15 bits per heavy atom. The second-order valence-corrected chi connectivity index (χ2v) is 5.66. The summed E-state index contributed by atoms with van der Waals surface area (Å²) in [5, 5.41) is 21.1. The second kappa shape index (κ2) is 3.91. The van der Waals surface area contributed by atoms with Gasteiger partial charge in [-0.3, -0.25) is 0 Å². The monoisotopic (exact) mass is 209 g/mol. The van der Waals surface area contributed by atoms with Gasteiger partial charge in [-0.05, 0) is 6.92 Å². The fraction of sp³-hybridized carbons (Fsp3) is 1.00. The largest absolute Gasteiger partial charge is 0.392 e. The van der Waals surface area contributed by atoms with Crippen LogP contribution in [-0.2, 0) is 9.84 Å². The maximum Gasteiger partial charge on any atom is 0.154 e. The van der Waals surface area contributed by atoms with E-state index in [4.69, 9.17) is 5.11 Å². The minimum Gasteiger partial charge on any atom is -0.392 e. The molecule has 0 aromatic carbocycles. The fourth-order valence-electron chi connectivity index (χ4n) is 1.35. The highest BCUT2D eigenvalue weighted by atomic mass is 32.2. The first-order chi connectivity index (χ1) is 5.91. The summed E-state index contributed by atoms with van der Waals surface area (Å²) in [7, 11) is -3.09. The summed E-state index contributed by atoms with van der Waals surface area (Å²) >= 11 is 0. The van der Waals surface area contributed by atoms with Gasteiger partial charge < -0.3 is 15.5 Å². The molecule has 3 N–H and O–H groups in total. The van der Waals surface area contributed by atoms with Crippen LogP contribution in [0.1, 0.15) is 6.92 Å². The second-order valence-electron chi connectivity index (χ2n) is 3.51. The molecule has 3 atom stereocenters. The number of hydrogen-bond acceptors (Lipinski definition) is 5. The van der Waals surface area contributed by atoms with Crippen LogP contribution in [0.5, 0.6) is 0 Å². The number of rotatable bonds is 3. The van der Waals surface area contributed by atoms with Crippen LogP contribution < -0.4 is 5.32 Å². The Balaban J connectivity index is 2.44. The first-order valence-corrected chi connectivity index (χ1v) is 6.03. The third kappa shape index (κ3) is 3.22. The predicted molar refractivity (Wildman–Crippen MR) is 48.1 cm³/mol. The smallest absolute Gasteiger partial charge is 0.154 e. The van der Waals surface area contributed by atoms with Crippen molar-refractivity contribution in [1.82, 2.24) is 5.32 Å². The van der Waals surface area contributed by atoms with Crippen LogP contribution >= 0.6 is 0 Å². The van der Waals surface area contributed by atoms with Crippen molar-refractivity contribution in [3.63, 3.8) is 0 Å². The highest BCUT2D eigenvalue weighted by molar-refractivity contribution is 7.91. The van der Waals surface area contributed by atoms with Gasteiger partial charge in [-0.25, -0.2) is 8.42 Å². The molecular weight excluding hydrogens is 194 g/mol. The van der Waals surface area contributed by atoms with E-state index in [9.17, 15) is 13.5 Å². The van der Waals surface area contributed by atoms with Crippen molar-refractivity contribution in [2.24, 2.45) is 0 Å². The summed E-state index contributed by atoms with van der Waals surface area (Å²) in [6.45, 7) is 1.90. The molecule has 0 amide bonds. The molecule has 1 aliphatic rings. The predicted octanol–water partition coefficient (Wildman–Crippen LogP) is -1.89. The number of sulfone groups is 1. The zero-order valence-electron chi connectivity index (χ0n) is 7.47. The average Bonchev–Trinajstić information content (AvgIpc) is 2.20. The Bertz CT molecular complexity index is 262. The van der Waals surface area contributed by atoms with Gasteiger partial charge in [-0.1, -0.05) is 0 Å². The third-order valence-electron chi connectivity index (χ3n) is 2.00. The number of nitrogens with one attached hydrogen (secondary N) is 1. The van der Waals surface area contributed by atoms with Crippen molar-refractivity contribution in [3.8, 4) is 0 Å². The summed E-state index contributed by atoms with van der Waals surface area (Å²) in [4.78, 5) is 0. The molecule has 0 aromatic rings. The van der Waals surface area contributed by atoms with Crippen LogP contribution in [0, 0.1) is 0 Å². The van der Waals surface area contributed by atoms with Crippen molar-refractivity contribution in [1.29, 1.82) is 0 Å². The molecule has 0 spiro atoms.